The summed E-state index contributed by atoms with van der Waals surface area (Å²) in [5.41, 5.74) is 0.172. The van der Waals surface area contributed by atoms with Gasteiger partial charge in [0.25, 0.3) is 5.91 Å². The number of rotatable bonds is 5. The second-order valence-electron chi connectivity index (χ2n) is 4.84. The molecule has 23 heavy (non-hydrogen) atoms. The number of hydrogen-bond acceptors (Lipinski definition) is 7. The van der Waals surface area contributed by atoms with E-state index in [2.05, 4.69) is 15.9 Å². The van der Waals surface area contributed by atoms with Crippen LogP contribution in [0.25, 0.3) is 0 Å². The van der Waals surface area contributed by atoms with Crippen molar-refractivity contribution < 1.29 is 18.0 Å². The van der Waals surface area contributed by atoms with Crippen molar-refractivity contribution in [3.05, 3.63) is 44.8 Å². The topological polar surface area (TPSA) is 101 Å². The number of nitrogens with zero attached hydrogens (tertiary/aromatic N) is 2. The van der Waals surface area contributed by atoms with E-state index in [9.17, 15) is 18.0 Å². The highest BCUT2D eigenvalue weighted by molar-refractivity contribution is 9.11. The zero-order chi connectivity index (χ0) is 17.2. The zero-order valence-electron chi connectivity index (χ0n) is 12.1. The molecule has 0 atom stereocenters. The lowest BCUT2D eigenvalue weighted by Crippen LogP contribution is -2.43. The van der Waals surface area contributed by atoms with E-state index in [1.807, 2.05) is 0 Å². The summed E-state index contributed by atoms with van der Waals surface area (Å²) in [7, 11) is -3.84. The third kappa shape index (κ3) is 4.50. The summed E-state index contributed by atoms with van der Waals surface area (Å²) in [6.07, 6.45) is 4.15. The van der Waals surface area contributed by atoms with Crippen molar-refractivity contribution in [2.45, 2.75) is 6.42 Å². The largest absolute Gasteiger partial charge is 0.345 e. The van der Waals surface area contributed by atoms with Gasteiger partial charge >= 0.3 is 0 Å². The Kier molecular flexibility index (Phi) is 5.40. The molecule has 1 aliphatic rings. The van der Waals surface area contributed by atoms with Crippen LogP contribution < -0.4 is 5.84 Å². The number of carbonyl (C=O) groups is 2. The van der Waals surface area contributed by atoms with E-state index in [1.165, 1.54) is 22.4 Å². The highest BCUT2D eigenvalue weighted by atomic mass is 79.9. The van der Waals surface area contributed by atoms with Crippen LogP contribution in [0.3, 0.4) is 0 Å². The number of nitrogens with two attached hydrogens (primary N) is 1. The number of carbonyl (C=O) groups excluding carboxylic acids is 2. The maximum Gasteiger partial charge on any atom is 0.279 e. The molecule has 0 bridgehead atoms. The van der Waals surface area contributed by atoms with Crippen LogP contribution >= 0.6 is 27.3 Å². The SMILES string of the molecule is CS(=O)(=O)N(N)C(=O)C1=CN(CC(=O)c2cccs2)C=C(Br)C1. The molecule has 1 amide bonds. The lowest BCUT2D eigenvalue weighted by molar-refractivity contribution is -0.123. The molecule has 0 saturated carbocycles. The summed E-state index contributed by atoms with van der Waals surface area (Å²) >= 11 is 4.62. The first-order chi connectivity index (χ1) is 10.7. The molecule has 1 aliphatic heterocycles. The van der Waals surface area contributed by atoms with Gasteiger partial charge in [0.05, 0.1) is 17.7 Å². The monoisotopic (exact) mass is 419 g/mol. The van der Waals surface area contributed by atoms with E-state index in [4.69, 9.17) is 5.84 Å². The summed E-state index contributed by atoms with van der Waals surface area (Å²) in [4.78, 5) is 26.4. The van der Waals surface area contributed by atoms with Crippen LogP contribution in [0.2, 0.25) is 0 Å². The van der Waals surface area contributed by atoms with Crippen molar-refractivity contribution in [3.63, 3.8) is 0 Å². The van der Waals surface area contributed by atoms with Crippen molar-refractivity contribution in [1.29, 1.82) is 0 Å². The molecule has 0 fully saturated rings. The number of allylic oxidation sites excluding steroid dienone is 1. The van der Waals surface area contributed by atoms with Crippen molar-refractivity contribution in [2.75, 3.05) is 12.8 Å². The first kappa shape index (κ1) is 17.9. The standard InChI is InChI=1S/C13H14BrN3O4S2/c1-23(20,21)17(15)13(19)9-5-10(14)7-16(6-9)8-11(18)12-3-2-4-22-12/h2-4,6-7H,5,8,15H2,1H3. The quantitative estimate of drug-likeness (QED) is 0.335. The molecule has 7 nitrogen and oxygen atoms in total. The number of hydrazine groups is 1. The number of thiophene rings is 1. The molecular formula is C13H14BrN3O4S2. The first-order valence-corrected chi connectivity index (χ1v) is 9.89. The van der Waals surface area contributed by atoms with Crippen molar-refractivity contribution in [2.24, 2.45) is 5.84 Å². The molecule has 10 heteroatoms. The Hall–Kier alpha value is -1.49. The van der Waals surface area contributed by atoms with Gasteiger partial charge in [-0.05, 0) is 11.4 Å². The van der Waals surface area contributed by atoms with Crippen molar-refractivity contribution >= 4 is 49.0 Å². The second kappa shape index (κ2) is 6.95. The highest BCUT2D eigenvalue weighted by Gasteiger charge is 2.26. The predicted molar refractivity (Wildman–Crippen MR) is 90.9 cm³/mol. The second-order valence-corrected chi connectivity index (χ2v) is 8.67. The molecule has 1 aromatic rings. The molecule has 0 aliphatic carbocycles. The lowest BCUT2D eigenvalue weighted by Gasteiger charge is -2.24. The molecule has 0 aromatic carbocycles. The van der Waals surface area contributed by atoms with Gasteiger partial charge in [-0.2, -0.15) is 4.41 Å². The average Bonchev–Trinajstić information content (AvgIpc) is 2.98. The number of ketones is 1. The Bertz CT molecular complexity index is 784. The van der Waals surface area contributed by atoms with Gasteiger partial charge in [0.2, 0.25) is 10.0 Å². The van der Waals surface area contributed by atoms with Crippen LogP contribution in [0.15, 0.2) is 40.0 Å². The molecule has 124 valence electrons. The summed E-state index contributed by atoms with van der Waals surface area (Å²) in [6.45, 7) is 0.0375. The predicted octanol–water partition coefficient (Wildman–Crippen LogP) is 1.42. The average molecular weight is 420 g/mol. The number of sulfonamides is 1. The van der Waals surface area contributed by atoms with Gasteiger partial charge in [-0.25, -0.2) is 14.3 Å². The van der Waals surface area contributed by atoms with E-state index in [0.29, 0.717) is 9.36 Å². The number of hydrogen-bond donors (Lipinski definition) is 1. The Labute approximate surface area is 146 Å². The molecule has 0 unspecified atom stereocenters. The first-order valence-electron chi connectivity index (χ1n) is 6.37. The van der Waals surface area contributed by atoms with Crippen LogP contribution in [0.4, 0.5) is 0 Å². The van der Waals surface area contributed by atoms with Crippen LogP contribution in [-0.4, -0.2) is 42.2 Å². The van der Waals surface area contributed by atoms with Gasteiger partial charge in [0.15, 0.2) is 5.78 Å². The smallest absolute Gasteiger partial charge is 0.279 e. The van der Waals surface area contributed by atoms with Gasteiger partial charge < -0.3 is 4.90 Å². The fraction of sp³-hybridized carbons (Fsp3) is 0.231. The third-order valence-corrected chi connectivity index (χ3v) is 5.22. The summed E-state index contributed by atoms with van der Waals surface area (Å²) in [5.74, 6) is 4.40. The van der Waals surface area contributed by atoms with Crippen LogP contribution in [-0.2, 0) is 14.8 Å². The molecule has 2 N–H and O–H groups in total. The Morgan fingerprint density at radius 2 is 2.13 bits per heavy atom. The van der Waals surface area contributed by atoms with Gasteiger partial charge in [0.1, 0.15) is 0 Å². The fourth-order valence-corrected chi connectivity index (χ4v) is 3.53. The molecule has 2 rings (SSSR count). The molecular weight excluding hydrogens is 406 g/mol. The normalized spacial score (nSPS) is 15.0. The molecule has 1 aromatic heterocycles. The molecule has 0 spiro atoms. The summed E-state index contributed by atoms with van der Waals surface area (Å²) < 4.78 is 23.6. The van der Waals surface area contributed by atoms with Crippen molar-refractivity contribution in [3.8, 4) is 0 Å². The minimum atomic E-state index is -3.84. The van der Waals surface area contributed by atoms with Gasteiger partial charge in [-0.15, -0.1) is 11.3 Å². The van der Waals surface area contributed by atoms with Crippen molar-refractivity contribution in [1.82, 2.24) is 9.31 Å². The highest BCUT2D eigenvalue weighted by Crippen LogP contribution is 2.25. The van der Waals surface area contributed by atoms with Gasteiger partial charge in [-0.1, -0.05) is 22.0 Å². The Morgan fingerprint density at radius 1 is 1.43 bits per heavy atom. The maximum atomic E-state index is 12.1. The number of Topliss-reactive ketones (excluding diaryl/α,β-unsaturated/α-hetero) is 1. The van der Waals surface area contributed by atoms with Gasteiger partial charge in [0, 0.05) is 28.9 Å². The maximum absolute atomic E-state index is 12.1. The van der Waals surface area contributed by atoms with E-state index in [1.54, 1.807) is 23.7 Å². The molecule has 2 heterocycles. The van der Waals surface area contributed by atoms with E-state index < -0.39 is 15.9 Å². The van der Waals surface area contributed by atoms with E-state index >= 15 is 0 Å². The molecule has 0 radical (unpaired) electrons. The Balaban J connectivity index is 2.18. The minimum absolute atomic E-state index is 0.0375. The van der Waals surface area contributed by atoms with Crippen LogP contribution in [0, 0.1) is 0 Å². The fourth-order valence-electron chi connectivity index (χ4n) is 1.89. The summed E-state index contributed by atoms with van der Waals surface area (Å²) in [5, 5.41) is 1.80. The number of halogens is 1. The van der Waals surface area contributed by atoms with Crippen LogP contribution in [0.5, 0.6) is 0 Å². The zero-order valence-corrected chi connectivity index (χ0v) is 15.3. The third-order valence-electron chi connectivity index (χ3n) is 2.94. The summed E-state index contributed by atoms with van der Waals surface area (Å²) in [6, 6.07) is 3.50. The van der Waals surface area contributed by atoms with Gasteiger partial charge in [-0.3, -0.25) is 9.59 Å². The molecule has 0 saturated heterocycles. The van der Waals surface area contributed by atoms with E-state index in [0.717, 1.165) is 6.26 Å². The lowest BCUT2D eigenvalue weighted by atomic mass is 10.1. The van der Waals surface area contributed by atoms with Crippen LogP contribution in [0.1, 0.15) is 16.1 Å². The van der Waals surface area contributed by atoms with E-state index in [-0.39, 0.29) is 28.7 Å². The Morgan fingerprint density at radius 3 is 2.70 bits per heavy atom. The number of amides is 1. The minimum Gasteiger partial charge on any atom is -0.345 e.